The third-order valence-corrected chi connectivity index (χ3v) is 4.60. The van der Waals surface area contributed by atoms with Crippen molar-refractivity contribution in [2.24, 2.45) is 4.99 Å². The molecule has 11 heteroatoms. The Kier molecular flexibility index (Phi) is 9.94. The number of pyridine rings is 1. The van der Waals surface area contributed by atoms with Crippen LogP contribution in [0.15, 0.2) is 47.6 Å². The molecule has 0 amide bonds. The molecule has 0 spiro atoms. The number of likely N-dealkylation sites (tertiary alicyclic amines) is 1. The predicted molar refractivity (Wildman–Crippen MR) is 125 cm³/mol. The van der Waals surface area contributed by atoms with Crippen LogP contribution in [0.25, 0.3) is 0 Å². The Balaban J connectivity index is 0.00000363. The molecule has 1 atom stereocenters. The van der Waals surface area contributed by atoms with Crippen LogP contribution in [0.5, 0.6) is 11.6 Å². The molecule has 1 fully saturated rings. The Labute approximate surface area is 201 Å². The van der Waals surface area contributed by atoms with Crippen LogP contribution < -0.4 is 15.4 Å². The highest BCUT2D eigenvalue weighted by atomic mass is 127. The van der Waals surface area contributed by atoms with Gasteiger partial charge in [0, 0.05) is 44.0 Å². The zero-order valence-electron chi connectivity index (χ0n) is 17.5. The van der Waals surface area contributed by atoms with E-state index in [1.54, 1.807) is 30.5 Å². The molecule has 2 N–H and O–H groups in total. The maximum absolute atomic E-state index is 13.2. The number of aliphatic imine (C=N–C) groups is 1. The summed E-state index contributed by atoms with van der Waals surface area (Å²) < 4.78 is 56.4. The fraction of sp³-hybridized carbons (Fsp3) is 0.429. The van der Waals surface area contributed by atoms with Gasteiger partial charge in [-0.05, 0) is 31.0 Å². The normalized spacial score (nSPS) is 17.0. The lowest BCUT2D eigenvalue weighted by atomic mass is 10.2. The molecule has 0 bridgehead atoms. The van der Waals surface area contributed by atoms with E-state index in [-0.39, 0.29) is 30.0 Å². The summed E-state index contributed by atoms with van der Waals surface area (Å²) in [6, 6.07) is 9.16. The first kappa shape index (κ1) is 26.1. The van der Waals surface area contributed by atoms with Gasteiger partial charge in [0.2, 0.25) is 5.88 Å². The first-order valence-corrected chi connectivity index (χ1v) is 10.0. The SMILES string of the molecule is CCNC(=NCc1ccc(Oc2cccc(F)c2)nc1)NC1CCN(CC(F)(F)F)C1.I. The molecule has 3 rings (SSSR count). The van der Waals surface area contributed by atoms with E-state index in [0.717, 1.165) is 5.56 Å². The summed E-state index contributed by atoms with van der Waals surface area (Å²) in [5.74, 6) is 0.837. The smallest absolute Gasteiger partial charge is 0.401 e. The molecule has 1 unspecified atom stereocenters. The molecule has 32 heavy (non-hydrogen) atoms. The van der Waals surface area contributed by atoms with Gasteiger partial charge in [0.05, 0.1) is 13.1 Å². The van der Waals surface area contributed by atoms with Crippen molar-refractivity contribution in [3.8, 4) is 11.6 Å². The van der Waals surface area contributed by atoms with Crippen LogP contribution in [0.3, 0.4) is 0 Å². The van der Waals surface area contributed by atoms with Crippen molar-refractivity contribution in [2.75, 3.05) is 26.2 Å². The third-order valence-electron chi connectivity index (χ3n) is 4.60. The fourth-order valence-corrected chi connectivity index (χ4v) is 3.25. The van der Waals surface area contributed by atoms with Crippen LogP contribution in [0, 0.1) is 5.82 Å². The van der Waals surface area contributed by atoms with E-state index in [0.29, 0.717) is 50.2 Å². The third kappa shape index (κ3) is 8.77. The van der Waals surface area contributed by atoms with Crippen LogP contribution in [0.1, 0.15) is 18.9 Å². The average Bonchev–Trinajstić information content (AvgIpc) is 3.12. The Morgan fingerprint density at radius 2 is 2.09 bits per heavy atom. The van der Waals surface area contributed by atoms with Gasteiger partial charge in [0.15, 0.2) is 5.96 Å². The first-order chi connectivity index (χ1) is 14.8. The van der Waals surface area contributed by atoms with Crippen LogP contribution in [0.4, 0.5) is 17.6 Å². The molecule has 1 aromatic carbocycles. The quantitative estimate of drug-likeness (QED) is 0.226. The van der Waals surface area contributed by atoms with Crippen molar-refractivity contribution in [1.29, 1.82) is 0 Å². The minimum atomic E-state index is -4.19. The predicted octanol–water partition coefficient (Wildman–Crippen LogP) is 4.32. The molecule has 0 radical (unpaired) electrons. The second-order valence-corrected chi connectivity index (χ2v) is 7.24. The summed E-state index contributed by atoms with van der Waals surface area (Å²) in [6.45, 7) is 2.70. The van der Waals surface area contributed by atoms with Crippen molar-refractivity contribution in [3.05, 3.63) is 54.0 Å². The van der Waals surface area contributed by atoms with Gasteiger partial charge >= 0.3 is 6.18 Å². The molecule has 0 saturated carbocycles. The molecule has 1 aromatic heterocycles. The largest absolute Gasteiger partial charge is 0.439 e. The van der Waals surface area contributed by atoms with Gasteiger partial charge in [-0.25, -0.2) is 14.4 Å². The van der Waals surface area contributed by atoms with E-state index < -0.39 is 18.5 Å². The van der Waals surface area contributed by atoms with Crippen molar-refractivity contribution in [3.63, 3.8) is 0 Å². The minimum absolute atomic E-state index is 0. The average molecular weight is 567 g/mol. The number of hydrogen-bond acceptors (Lipinski definition) is 4. The lowest BCUT2D eigenvalue weighted by molar-refractivity contribution is -0.143. The Bertz CT molecular complexity index is 879. The highest BCUT2D eigenvalue weighted by Crippen LogP contribution is 2.21. The van der Waals surface area contributed by atoms with Crippen LogP contribution >= 0.6 is 24.0 Å². The van der Waals surface area contributed by atoms with E-state index in [2.05, 4.69) is 20.6 Å². The van der Waals surface area contributed by atoms with Crippen molar-refractivity contribution in [1.82, 2.24) is 20.5 Å². The number of nitrogens with zero attached hydrogens (tertiary/aromatic N) is 3. The Morgan fingerprint density at radius 3 is 2.75 bits per heavy atom. The zero-order chi connectivity index (χ0) is 22.3. The van der Waals surface area contributed by atoms with Gasteiger partial charge < -0.3 is 15.4 Å². The second kappa shape index (κ2) is 12.2. The maximum atomic E-state index is 13.2. The lowest BCUT2D eigenvalue weighted by Crippen LogP contribution is -2.45. The molecular weight excluding hydrogens is 541 g/mol. The monoisotopic (exact) mass is 567 g/mol. The number of aromatic nitrogens is 1. The molecule has 2 aromatic rings. The molecule has 6 nitrogen and oxygen atoms in total. The molecule has 0 aliphatic carbocycles. The standard InChI is InChI=1S/C21H25F4N5O.HI/c1-2-26-20(29-17-8-9-30(13-17)14-21(23,24)25)28-12-15-6-7-19(27-11-15)31-18-5-3-4-16(22)10-18;/h3-7,10-11,17H,2,8-9,12-14H2,1H3,(H2,26,28,29);1H. The van der Waals surface area contributed by atoms with E-state index in [1.807, 2.05) is 6.92 Å². The Hall–Kier alpha value is -2.15. The van der Waals surface area contributed by atoms with Crippen molar-refractivity contribution in [2.45, 2.75) is 32.1 Å². The zero-order valence-corrected chi connectivity index (χ0v) is 19.9. The number of ether oxygens (including phenoxy) is 1. The van der Waals surface area contributed by atoms with Gasteiger partial charge in [-0.1, -0.05) is 12.1 Å². The van der Waals surface area contributed by atoms with Crippen LogP contribution in [-0.2, 0) is 6.54 Å². The number of halogens is 5. The number of nitrogens with one attached hydrogen (secondary N) is 2. The van der Waals surface area contributed by atoms with Gasteiger partial charge in [0.25, 0.3) is 0 Å². The summed E-state index contributed by atoms with van der Waals surface area (Å²) in [5, 5.41) is 6.31. The van der Waals surface area contributed by atoms with Crippen LogP contribution in [0.2, 0.25) is 0 Å². The molecule has 2 heterocycles. The second-order valence-electron chi connectivity index (χ2n) is 7.24. The highest BCUT2D eigenvalue weighted by Gasteiger charge is 2.34. The lowest BCUT2D eigenvalue weighted by Gasteiger charge is -2.19. The van der Waals surface area contributed by atoms with Crippen molar-refractivity contribution >= 4 is 29.9 Å². The number of hydrogen-bond donors (Lipinski definition) is 2. The molecule has 1 aliphatic heterocycles. The van der Waals surface area contributed by atoms with Gasteiger partial charge in [-0.2, -0.15) is 13.2 Å². The highest BCUT2D eigenvalue weighted by molar-refractivity contribution is 14.0. The van der Waals surface area contributed by atoms with E-state index >= 15 is 0 Å². The Morgan fingerprint density at radius 1 is 1.28 bits per heavy atom. The van der Waals surface area contributed by atoms with Gasteiger partial charge in [0.1, 0.15) is 11.6 Å². The van der Waals surface area contributed by atoms with Crippen LogP contribution in [-0.4, -0.2) is 54.2 Å². The summed E-state index contributed by atoms with van der Waals surface area (Å²) in [7, 11) is 0. The molecular formula is C21H26F4IN5O. The minimum Gasteiger partial charge on any atom is -0.439 e. The number of guanidine groups is 1. The summed E-state index contributed by atoms with van der Waals surface area (Å²) in [6.07, 6.45) is -1.96. The summed E-state index contributed by atoms with van der Waals surface area (Å²) in [5.41, 5.74) is 0.828. The molecule has 176 valence electrons. The van der Waals surface area contributed by atoms with E-state index in [1.165, 1.54) is 17.0 Å². The first-order valence-electron chi connectivity index (χ1n) is 10.0. The topological polar surface area (TPSA) is 61.8 Å². The van der Waals surface area contributed by atoms with Gasteiger partial charge in [-0.15, -0.1) is 24.0 Å². The van der Waals surface area contributed by atoms with E-state index in [4.69, 9.17) is 4.74 Å². The summed E-state index contributed by atoms with van der Waals surface area (Å²) >= 11 is 0. The van der Waals surface area contributed by atoms with Crippen molar-refractivity contribution < 1.29 is 22.3 Å². The van der Waals surface area contributed by atoms with Gasteiger partial charge in [-0.3, -0.25) is 4.90 Å². The number of rotatable bonds is 7. The fourth-order valence-electron chi connectivity index (χ4n) is 3.25. The van der Waals surface area contributed by atoms with E-state index in [9.17, 15) is 17.6 Å². The molecule has 1 saturated heterocycles. The maximum Gasteiger partial charge on any atom is 0.401 e. The number of alkyl halides is 3. The summed E-state index contributed by atoms with van der Waals surface area (Å²) in [4.78, 5) is 10.1. The number of benzene rings is 1. The molecule has 1 aliphatic rings.